The fourth-order valence-electron chi connectivity index (χ4n) is 8.71. The van der Waals surface area contributed by atoms with Gasteiger partial charge in [0.2, 0.25) is 11.6 Å². The van der Waals surface area contributed by atoms with E-state index in [4.69, 9.17) is 9.47 Å². The molecular weight excluding hydrogens is 785 g/mol. The summed E-state index contributed by atoms with van der Waals surface area (Å²) < 4.78 is 11.1. The Morgan fingerprint density at radius 3 is 1.13 bits per heavy atom. The van der Waals surface area contributed by atoms with Gasteiger partial charge >= 0.3 is 11.9 Å². The van der Waals surface area contributed by atoms with Crippen LogP contribution in [0.1, 0.15) is 102 Å². The van der Waals surface area contributed by atoms with E-state index in [1.807, 2.05) is 0 Å². The Morgan fingerprint density at radius 2 is 0.820 bits per heavy atom. The molecule has 14 heteroatoms. The van der Waals surface area contributed by atoms with Crippen LogP contribution in [-0.2, 0) is 30.3 Å². The Bertz CT molecular complexity index is 2010. The third kappa shape index (κ3) is 11.2. The van der Waals surface area contributed by atoms with E-state index in [1.165, 1.54) is 48.5 Å². The summed E-state index contributed by atoms with van der Waals surface area (Å²) in [5, 5.41) is 45.5. The van der Waals surface area contributed by atoms with Gasteiger partial charge < -0.3 is 19.7 Å². The van der Waals surface area contributed by atoms with Gasteiger partial charge in [0, 0.05) is 48.2 Å². The van der Waals surface area contributed by atoms with E-state index in [0.29, 0.717) is 11.8 Å². The number of aliphatic hydroxyl groups is 2. The fourth-order valence-corrected chi connectivity index (χ4v) is 8.71. The molecule has 0 aliphatic heterocycles. The summed E-state index contributed by atoms with van der Waals surface area (Å²) in [5.41, 5.74) is -4.19. The van der Waals surface area contributed by atoms with Crippen molar-refractivity contribution < 1.29 is 48.7 Å². The minimum absolute atomic E-state index is 0.0457. The largest absolute Gasteiger partial charge is 0.462 e. The van der Waals surface area contributed by atoms with E-state index >= 15 is 0 Å². The lowest BCUT2D eigenvalue weighted by Gasteiger charge is -2.34. The third-order valence-corrected chi connectivity index (χ3v) is 12.3. The van der Waals surface area contributed by atoms with Crippen LogP contribution in [0.5, 0.6) is 0 Å². The van der Waals surface area contributed by atoms with Gasteiger partial charge in [-0.25, -0.2) is 0 Å². The summed E-state index contributed by atoms with van der Waals surface area (Å²) >= 11 is 0. The molecule has 2 aliphatic carbocycles. The van der Waals surface area contributed by atoms with E-state index in [1.54, 1.807) is 60.7 Å². The molecule has 2 fully saturated rings. The van der Waals surface area contributed by atoms with E-state index in [0.717, 1.165) is 57.8 Å². The van der Waals surface area contributed by atoms with Gasteiger partial charge in [-0.1, -0.05) is 86.3 Å². The number of ether oxygens (including phenoxy) is 2. The van der Waals surface area contributed by atoms with E-state index in [2.05, 4.69) is 0 Å². The van der Waals surface area contributed by atoms with E-state index in [-0.39, 0.29) is 58.3 Å². The van der Waals surface area contributed by atoms with Crippen LogP contribution in [0.3, 0.4) is 0 Å². The standard InChI is InChI=1S/C47H50N2O12/c50-42(60-30-46(54,38-7-3-1-4-8-38)44(52)36-19-23-40(24-20-36)48(56)57)28-34-15-11-32(12-16-34)27-33-13-17-35(18-14-33)29-43(51)61-31-47(55,39-9-5-2-6-10-39)45(53)37-21-25-41(26-22-37)49(58)59/h1-10,19-26,32-35,54-55H,11-18,27-31H2. The third-order valence-electron chi connectivity index (χ3n) is 12.3. The number of hydrogen-bond acceptors (Lipinski definition) is 12. The molecule has 0 spiro atoms. The van der Waals surface area contributed by atoms with Crippen LogP contribution >= 0.6 is 0 Å². The molecule has 0 heterocycles. The van der Waals surface area contributed by atoms with Crippen molar-refractivity contribution in [2.75, 3.05) is 13.2 Å². The molecule has 0 amide bonds. The predicted molar refractivity (Wildman–Crippen MR) is 222 cm³/mol. The summed E-state index contributed by atoms with van der Waals surface area (Å²) in [6.07, 6.45) is 8.70. The van der Waals surface area contributed by atoms with Crippen molar-refractivity contribution in [2.45, 2.75) is 81.8 Å². The molecular formula is C47H50N2O12. The monoisotopic (exact) mass is 834 g/mol. The van der Waals surface area contributed by atoms with Crippen LogP contribution in [0.15, 0.2) is 109 Å². The van der Waals surface area contributed by atoms with Gasteiger partial charge in [0.25, 0.3) is 11.4 Å². The average molecular weight is 835 g/mol. The maximum absolute atomic E-state index is 13.5. The van der Waals surface area contributed by atoms with Crippen LogP contribution in [0.2, 0.25) is 0 Å². The van der Waals surface area contributed by atoms with Crippen LogP contribution in [0.4, 0.5) is 11.4 Å². The molecule has 0 bridgehead atoms. The van der Waals surface area contributed by atoms with Gasteiger partial charge in [0.05, 0.1) is 9.85 Å². The zero-order valence-corrected chi connectivity index (χ0v) is 33.8. The maximum atomic E-state index is 13.5. The SMILES string of the molecule is O=C(CC1CCC(CC2CCC(CC(=O)OCC(O)(C(=O)c3ccc([N+](=O)[O-])cc3)c3ccccc3)CC2)CC1)OCC(O)(C(=O)c1ccc([N+](=O)[O-])cc1)c1ccccc1. The number of carbonyl (C=O) groups excluding carboxylic acids is 4. The molecule has 2 aliphatic rings. The van der Waals surface area contributed by atoms with Crippen LogP contribution in [0.25, 0.3) is 0 Å². The number of non-ortho nitro benzene ring substituents is 2. The lowest BCUT2D eigenvalue weighted by molar-refractivity contribution is -0.385. The first kappa shape index (κ1) is 44.4. The second-order valence-corrected chi connectivity index (χ2v) is 16.5. The highest BCUT2D eigenvalue weighted by atomic mass is 16.6. The first-order valence-corrected chi connectivity index (χ1v) is 20.7. The van der Waals surface area contributed by atoms with Crippen molar-refractivity contribution >= 4 is 34.9 Å². The van der Waals surface area contributed by atoms with Crippen molar-refractivity contribution in [3.8, 4) is 0 Å². The van der Waals surface area contributed by atoms with Crippen molar-refractivity contribution in [1.29, 1.82) is 0 Å². The average Bonchev–Trinajstić information content (AvgIpc) is 3.28. The van der Waals surface area contributed by atoms with Gasteiger partial charge in [0.15, 0.2) is 11.2 Å². The second-order valence-electron chi connectivity index (χ2n) is 16.5. The van der Waals surface area contributed by atoms with Crippen LogP contribution in [0, 0.1) is 43.9 Å². The summed E-state index contributed by atoms with van der Waals surface area (Å²) in [6, 6.07) is 26.1. The van der Waals surface area contributed by atoms with E-state index in [9.17, 15) is 49.6 Å². The number of rotatable bonds is 18. The number of nitro benzene ring substituents is 2. The molecule has 320 valence electrons. The summed E-state index contributed by atoms with van der Waals surface area (Å²) in [5.74, 6) is -1.22. The molecule has 2 atom stereocenters. The molecule has 0 radical (unpaired) electrons. The normalized spacial score (nSPS) is 20.9. The Balaban J connectivity index is 0.927. The minimum Gasteiger partial charge on any atom is -0.462 e. The zero-order chi connectivity index (χ0) is 43.6. The van der Waals surface area contributed by atoms with Gasteiger partial charge in [-0.2, -0.15) is 0 Å². The molecule has 4 aromatic carbocycles. The zero-order valence-electron chi connectivity index (χ0n) is 33.8. The van der Waals surface area contributed by atoms with Crippen molar-refractivity contribution in [2.24, 2.45) is 23.7 Å². The quantitative estimate of drug-likeness (QED) is 0.0420. The predicted octanol–water partition coefficient (Wildman–Crippen LogP) is 8.21. The highest BCUT2D eigenvalue weighted by Crippen LogP contribution is 2.40. The first-order chi connectivity index (χ1) is 29.2. The molecule has 6 rings (SSSR count). The van der Waals surface area contributed by atoms with Crippen molar-refractivity contribution in [1.82, 2.24) is 0 Å². The van der Waals surface area contributed by atoms with Gasteiger partial charge in [-0.15, -0.1) is 0 Å². The molecule has 0 aromatic heterocycles. The second kappa shape index (κ2) is 20.0. The Hall–Kier alpha value is -6.12. The highest BCUT2D eigenvalue weighted by molar-refractivity contribution is 6.04. The van der Waals surface area contributed by atoms with Gasteiger partial charge in [-0.05, 0) is 91.2 Å². The molecule has 2 N–H and O–H groups in total. The van der Waals surface area contributed by atoms with Crippen molar-refractivity contribution in [3.05, 3.63) is 152 Å². The number of carbonyl (C=O) groups is 4. The van der Waals surface area contributed by atoms with Gasteiger partial charge in [0.1, 0.15) is 13.2 Å². The first-order valence-electron chi connectivity index (χ1n) is 20.7. The molecule has 0 saturated heterocycles. The van der Waals surface area contributed by atoms with Crippen molar-refractivity contribution in [3.63, 3.8) is 0 Å². The number of ketones is 2. The Kier molecular flexibility index (Phi) is 14.5. The number of nitrogens with zero attached hydrogens (tertiary/aromatic N) is 2. The minimum atomic E-state index is -2.18. The molecule has 2 unspecified atom stereocenters. The number of benzene rings is 4. The molecule has 2 saturated carbocycles. The Labute approximate surface area is 353 Å². The van der Waals surface area contributed by atoms with E-state index < -0.39 is 57.8 Å². The lowest BCUT2D eigenvalue weighted by atomic mass is 9.72. The number of esters is 2. The maximum Gasteiger partial charge on any atom is 0.306 e. The van der Waals surface area contributed by atoms with Crippen LogP contribution in [-0.4, -0.2) is 56.8 Å². The highest BCUT2D eigenvalue weighted by Gasteiger charge is 2.42. The molecule has 4 aromatic rings. The Morgan fingerprint density at radius 1 is 0.508 bits per heavy atom. The topological polar surface area (TPSA) is 213 Å². The summed E-state index contributed by atoms with van der Waals surface area (Å²) in [4.78, 5) is 74.2. The summed E-state index contributed by atoms with van der Waals surface area (Å²) in [7, 11) is 0. The lowest BCUT2D eigenvalue weighted by Crippen LogP contribution is -2.41. The fraction of sp³-hybridized carbons (Fsp3) is 0.404. The van der Waals surface area contributed by atoms with Crippen LogP contribution < -0.4 is 0 Å². The van der Waals surface area contributed by atoms with Gasteiger partial charge in [-0.3, -0.25) is 39.4 Å². The number of nitro groups is 2. The summed E-state index contributed by atoms with van der Waals surface area (Å²) in [6.45, 7) is -1.19. The molecule has 14 nitrogen and oxygen atoms in total. The number of Topliss-reactive ketones (excluding diaryl/α,β-unsaturated/α-hetero) is 2. The smallest absolute Gasteiger partial charge is 0.306 e. The number of hydrogen-bond donors (Lipinski definition) is 2. The molecule has 61 heavy (non-hydrogen) atoms.